The molecule has 1 aromatic heterocycles. The van der Waals surface area contributed by atoms with Gasteiger partial charge >= 0.3 is 0 Å². The summed E-state index contributed by atoms with van der Waals surface area (Å²) in [6.07, 6.45) is 0. The van der Waals surface area contributed by atoms with Crippen molar-refractivity contribution in [1.29, 1.82) is 0 Å². The number of carbonyl (C=O) groups is 1. The number of hydrogen-bond acceptors (Lipinski definition) is 5. The van der Waals surface area contributed by atoms with Gasteiger partial charge in [0.1, 0.15) is 5.82 Å². The number of imidazole rings is 1. The SMILES string of the molecule is Brc1ccc(-c2nc3ccccc3n2-c2ccccc2)cc1.Cc1ccc(S(=O)(=O)O)cc1.O.O=C(Nc1ccccc1Nc1ccccc1)c1ccc(Br)cc1. The van der Waals surface area contributed by atoms with E-state index in [1.165, 1.54) is 12.1 Å². The Morgan fingerprint density at radius 1 is 0.632 bits per heavy atom. The van der Waals surface area contributed by atoms with E-state index in [0.29, 0.717) is 5.56 Å². The van der Waals surface area contributed by atoms with Crippen molar-refractivity contribution in [2.45, 2.75) is 11.8 Å². The number of aryl methyl sites for hydroxylation is 1. The minimum absolute atomic E-state index is 0. The summed E-state index contributed by atoms with van der Waals surface area (Å²) in [7, 11) is -4.02. The monoisotopic (exact) mass is 904 g/mol. The molecule has 7 aromatic carbocycles. The molecule has 0 bridgehead atoms. The average molecular weight is 907 g/mol. The summed E-state index contributed by atoms with van der Waals surface area (Å²) < 4.78 is 33.8. The zero-order chi connectivity index (χ0) is 39.5. The highest BCUT2D eigenvalue weighted by Gasteiger charge is 2.14. The van der Waals surface area contributed by atoms with Crippen molar-refractivity contribution < 1.29 is 23.2 Å². The van der Waals surface area contributed by atoms with Crippen LogP contribution < -0.4 is 10.6 Å². The van der Waals surface area contributed by atoms with E-state index in [-0.39, 0.29) is 16.3 Å². The van der Waals surface area contributed by atoms with Crippen LogP contribution in [0.2, 0.25) is 0 Å². The maximum Gasteiger partial charge on any atom is 0.294 e. The Morgan fingerprint density at radius 2 is 1.16 bits per heavy atom. The van der Waals surface area contributed by atoms with Gasteiger partial charge in [0.2, 0.25) is 0 Å². The van der Waals surface area contributed by atoms with Crippen molar-refractivity contribution in [3.8, 4) is 17.1 Å². The topological polar surface area (TPSA) is 145 Å². The summed E-state index contributed by atoms with van der Waals surface area (Å²) in [4.78, 5) is 17.1. The molecule has 12 heteroatoms. The van der Waals surface area contributed by atoms with Crippen LogP contribution in [0, 0.1) is 6.92 Å². The largest absolute Gasteiger partial charge is 0.412 e. The number of benzene rings is 7. The number of para-hydroxylation sites is 6. The number of anilines is 3. The Morgan fingerprint density at radius 3 is 1.77 bits per heavy atom. The van der Waals surface area contributed by atoms with Crippen molar-refractivity contribution in [3.05, 3.63) is 202 Å². The van der Waals surface area contributed by atoms with Crippen LogP contribution >= 0.6 is 31.9 Å². The molecule has 0 atom stereocenters. The van der Waals surface area contributed by atoms with Crippen LogP contribution in [0.3, 0.4) is 0 Å². The zero-order valence-electron chi connectivity index (χ0n) is 30.6. The molecule has 0 saturated carbocycles. The molecule has 0 spiro atoms. The predicted molar refractivity (Wildman–Crippen MR) is 237 cm³/mol. The molecule has 0 radical (unpaired) electrons. The van der Waals surface area contributed by atoms with E-state index < -0.39 is 10.1 Å². The molecule has 9 nitrogen and oxygen atoms in total. The number of halogens is 2. The molecule has 0 fully saturated rings. The van der Waals surface area contributed by atoms with E-state index in [9.17, 15) is 13.2 Å². The number of amides is 1. The summed E-state index contributed by atoms with van der Waals surface area (Å²) >= 11 is 6.86. The molecule has 0 saturated heterocycles. The molecule has 1 heterocycles. The van der Waals surface area contributed by atoms with E-state index in [4.69, 9.17) is 9.54 Å². The second kappa shape index (κ2) is 19.8. The summed E-state index contributed by atoms with van der Waals surface area (Å²) in [5, 5.41) is 6.27. The van der Waals surface area contributed by atoms with Crippen molar-refractivity contribution >= 4 is 76.0 Å². The Labute approximate surface area is 348 Å². The van der Waals surface area contributed by atoms with E-state index in [0.717, 1.165) is 59.7 Å². The lowest BCUT2D eigenvalue weighted by Crippen LogP contribution is -2.12. The molecule has 288 valence electrons. The fraction of sp³-hybridized carbons (Fsp3) is 0.0222. The lowest BCUT2D eigenvalue weighted by Gasteiger charge is -2.13. The van der Waals surface area contributed by atoms with Gasteiger partial charge in [-0.3, -0.25) is 13.9 Å². The minimum Gasteiger partial charge on any atom is -0.412 e. The first-order valence-corrected chi connectivity index (χ1v) is 20.4. The van der Waals surface area contributed by atoms with E-state index in [1.54, 1.807) is 24.3 Å². The lowest BCUT2D eigenvalue weighted by molar-refractivity contribution is 0.102. The van der Waals surface area contributed by atoms with E-state index in [1.807, 2.05) is 97.9 Å². The van der Waals surface area contributed by atoms with Crippen LogP contribution in [-0.4, -0.2) is 33.9 Å². The van der Waals surface area contributed by atoms with Crippen LogP contribution in [0.4, 0.5) is 17.1 Å². The number of rotatable bonds is 7. The first-order chi connectivity index (χ1) is 27.0. The molecule has 57 heavy (non-hydrogen) atoms. The number of nitrogens with zero attached hydrogens (tertiary/aromatic N) is 2. The highest BCUT2D eigenvalue weighted by molar-refractivity contribution is 9.10. The molecule has 8 rings (SSSR count). The molecular formula is C45H38Br2N4O5S. The molecular weight excluding hydrogens is 868 g/mol. The smallest absolute Gasteiger partial charge is 0.294 e. The fourth-order valence-electron chi connectivity index (χ4n) is 5.54. The number of nitrogens with one attached hydrogen (secondary N) is 2. The standard InChI is InChI=1S/C19H15BrN2O.C19H13BrN2.C7H8O3S.H2O/c20-15-12-10-14(11-13-15)19(23)22-18-9-5-4-8-17(18)21-16-6-2-1-3-7-16;20-15-12-10-14(11-13-15)19-21-17-8-4-5-9-18(17)22(19)16-6-2-1-3-7-16;1-6-2-4-7(5-3-6)11(8,9)10;/h1-13,21H,(H,22,23);1-13H;2-5H,1H3,(H,8,9,10);1H2. The number of hydrogen-bond donors (Lipinski definition) is 3. The fourth-order valence-corrected chi connectivity index (χ4v) is 6.55. The average Bonchev–Trinajstić information content (AvgIpc) is 3.60. The predicted octanol–water partition coefficient (Wildman–Crippen LogP) is 11.3. The molecule has 8 aromatic rings. The van der Waals surface area contributed by atoms with Gasteiger partial charge in [-0.1, -0.05) is 122 Å². The second-order valence-corrected chi connectivity index (χ2v) is 15.6. The van der Waals surface area contributed by atoms with Gasteiger partial charge in [0.05, 0.1) is 27.3 Å². The summed E-state index contributed by atoms with van der Waals surface area (Å²) in [6.45, 7) is 1.84. The van der Waals surface area contributed by atoms with Crippen LogP contribution in [0.1, 0.15) is 15.9 Å². The molecule has 5 N–H and O–H groups in total. The summed E-state index contributed by atoms with van der Waals surface area (Å²) in [5.74, 6) is 0.819. The molecule has 0 aliphatic carbocycles. The summed E-state index contributed by atoms with van der Waals surface area (Å²) in [5.41, 5.74) is 8.47. The maximum absolute atomic E-state index is 12.4. The van der Waals surface area contributed by atoms with Crippen LogP contribution in [0.25, 0.3) is 28.1 Å². The van der Waals surface area contributed by atoms with E-state index >= 15 is 0 Å². The first kappa shape index (κ1) is 42.3. The number of fused-ring (bicyclic) bond motifs is 1. The Balaban J connectivity index is 0.000000172. The van der Waals surface area contributed by atoms with Crippen molar-refractivity contribution in [2.24, 2.45) is 0 Å². The van der Waals surface area contributed by atoms with Crippen molar-refractivity contribution in [2.75, 3.05) is 10.6 Å². The normalized spacial score (nSPS) is 10.5. The maximum atomic E-state index is 12.4. The molecule has 1 amide bonds. The first-order valence-electron chi connectivity index (χ1n) is 17.4. The van der Waals surface area contributed by atoms with Gasteiger partial charge in [-0.2, -0.15) is 8.42 Å². The van der Waals surface area contributed by atoms with Crippen LogP contribution in [0.5, 0.6) is 0 Å². The minimum atomic E-state index is -4.02. The van der Waals surface area contributed by atoms with Crippen molar-refractivity contribution in [1.82, 2.24) is 9.55 Å². The molecule has 0 unspecified atom stereocenters. The Bertz CT molecular complexity index is 2640. The van der Waals surface area contributed by atoms with Gasteiger partial charge in [-0.15, -0.1) is 0 Å². The Hall–Kier alpha value is -5.89. The third-order valence-corrected chi connectivity index (χ3v) is 10.3. The van der Waals surface area contributed by atoms with Crippen molar-refractivity contribution in [3.63, 3.8) is 0 Å². The number of aromatic nitrogens is 2. The second-order valence-electron chi connectivity index (χ2n) is 12.4. The highest BCUT2D eigenvalue weighted by atomic mass is 79.9. The van der Waals surface area contributed by atoms with E-state index in [2.05, 4.69) is 102 Å². The molecule has 0 aliphatic heterocycles. The van der Waals surface area contributed by atoms with Gasteiger partial charge < -0.3 is 16.1 Å². The van der Waals surface area contributed by atoms with Crippen LogP contribution in [0.15, 0.2) is 196 Å². The molecule has 0 aliphatic rings. The number of carbonyl (C=O) groups excluding carboxylic acids is 1. The van der Waals surface area contributed by atoms with Gasteiger partial charge in [-0.25, -0.2) is 4.98 Å². The van der Waals surface area contributed by atoms with Gasteiger partial charge in [0, 0.05) is 31.4 Å². The third-order valence-electron chi connectivity index (χ3n) is 8.33. The Kier molecular flexibility index (Phi) is 14.7. The van der Waals surface area contributed by atoms with Gasteiger partial charge in [0.25, 0.3) is 16.0 Å². The van der Waals surface area contributed by atoms with Gasteiger partial charge in [-0.05, 0) is 104 Å². The van der Waals surface area contributed by atoms with Gasteiger partial charge in [0.15, 0.2) is 0 Å². The summed E-state index contributed by atoms with van der Waals surface area (Å²) in [6, 6.07) is 57.6. The zero-order valence-corrected chi connectivity index (χ0v) is 34.5. The quantitative estimate of drug-likeness (QED) is 0.136. The van der Waals surface area contributed by atoms with Crippen LogP contribution in [-0.2, 0) is 10.1 Å². The third kappa shape index (κ3) is 11.6. The highest BCUT2D eigenvalue weighted by Crippen LogP contribution is 2.30. The lowest BCUT2D eigenvalue weighted by atomic mass is 10.2.